The predicted octanol–water partition coefficient (Wildman–Crippen LogP) is 3.36. The second-order valence-electron chi connectivity index (χ2n) is 8.87. The zero-order chi connectivity index (χ0) is 23.0. The highest BCUT2D eigenvalue weighted by Gasteiger charge is 2.41. The van der Waals surface area contributed by atoms with Crippen LogP contribution in [0, 0.1) is 5.92 Å². The van der Waals surface area contributed by atoms with Gasteiger partial charge < -0.3 is 19.9 Å². The maximum atomic E-state index is 13.0. The van der Waals surface area contributed by atoms with Crippen LogP contribution in [0.1, 0.15) is 25.7 Å². The molecule has 1 spiro atoms. The third kappa shape index (κ3) is 4.36. The van der Waals surface area contributed by atoms with Crippen molar-refractivity contribution in [2.75, 3.05) is 25.1 Å². The van der Waals surface area contributed by atoms with Gasteiger partial charge in [-0.3, -0.25) is 9.36 Å². The number of hydrogen-bond donors (Lipinski definition) is 2. The molecule has 3 heterocycles. The Labute approximate surface area is 196 Å². The molecule has 2 N–H and O–H groups in total. The first-order valence-corrected chi connectivity index (χ1v) is 11.6. The zero-order valence-electron chi connectivity index (χ0n) is 18.5. The van der Waals surface area contributed by atoms with Crippen molar-refractivity contribution in [1.82, 2.24) is 14.5 Å². The van der Waals surface area contributed by atoms with Crippen molar-refractivity contribution >= 4 is 28.6 Å². The van der Waals surface area contributed by atoms with Crippen LogP contribution in [0.5, 0.6) is 0 Å². The van der Waals surface area contributed by atoms with Gasteiger partial charge in [0.25, 0.3) is 5.56 Å². The van der Waals surface area contributed by atoms with Gasteiger partial charge in [0.15, 0.2) is 5.79 Å². The number of anilines is 1. The number of ether oxygens (including phenoxy) is 2. The third-order valence-corrected chi connectivity index (χ3v) is 6.95. The van der Waals surface area contributed by atoms with Gasteiger partial charge in [-0.15, -0.1) is 0 Å². The number of aliphatic hydroxyl groups is 1. The number of rotatable bonds is 4. The highest BCUT2D eigenvalue weighted by Crippen LogP contribution is 2.37. The Hall–Kier alpha value is -2.52. The van der Waals surface area contributed by atoms with Crippen LogP contribution in [-0.4, -0.2) is 51.3 Å². The summed E-state index contributed by atoms with van der Waals surface area (Å²) >= 11 is 6.32. The van der Waals surface area contributed by atoms with Gasteiger partial charge in [0.1, 0.15) is 5.65 Å². The second kappa shape index (κ2) is 9.02. The first-order chi connectivity index (χ1) is 16.0. The monoisotopic (exact) mass is 470 g/mol. The van der Waals surface area contributed by atoms with Crippen LogP contribution in [0.3, 0.4) is 0 Å². The molecule has 0 amide bonds. The number of pyridine rings is 1. The molecule has 5 rings (SSSR count). The summed E-state index contributed by atoms with van der Waals surface area (Å²) in [5.41, 5.74) is 1.62. The Bertz CT molecular complexity index is 1210. The van der Waals surface area contributed by atoms with Crippen LogP contribution in [0.25, 0.3) is 22.2 Å². The van der Waals surface area contributed by atoms with Crippen molar-refractivity contribution in [2.45, 2.75) is 37.5 Å². The van der Waals surface area contributed by atoms with E-state index in [1.165, 1.54) is 4.57 Å². The van der Waals surface area contributed by atoms with E-state index in [2.05, 4.69) is 15.3 Å². The van der Waals surface area contributed by atoms with Gasteiger partial charge in [0.2, 0.25) is 5.95 Å². The molecular weight excluding hydrogens is 444 g/mol. The number of nitrogens with zero attached hydrogens (tertiary/aromatic N) is 3. The topological polar surface area (TPSA) is 98.5 Å². The van der Waals surface area contributed by atoms with Crippen LogP contribution >= 0.6 is 11.6 Å². The Morgan fingerprint density at radius 3 is 2.64 bits per heavy atom. The molecule has 0 bridgehead atoms. The summed E-state index contributed by atoms with van der Waals surface area (Å²) in [6.45, 7) is 1.15. The highest BCUT2D eigenvalue weighted by molar-refractivity contribution is 6.33. The number of hydrogen-bond acceptors (Lipinski definition) is 7. The largest absolute Gasteiger partial charge is 0.396 e. The van der Waals surface area contributed by atoms with E-state index in [-0.39, 0.29) is 24.1 Å². The van der Waals surface area contributed by atoms with Gasteiger partial charge in [0.05, 0.1) is 19.8 Å². The summed E-state index contributed by atoms with van der Waals surface area (Å²) in [5.74, 6) is 0.0185. The zero-order valence-corrected chi connectivity index (χ0v) is 19.2. The third-order valence-electron chi connectivity index (χ3n) is 6.62. The molecule has 1 saturated heterocycles. The number of halogens is 1. The number of benzene rings is 1. The molecule has 8 nitrogen and oxygen atoms in total. The fraction of sp³-hybridized carbons (Fsp3) is 0.458. The summed E-state index contributed by atoms with van der Waals surface area (Å²) in [4.78, 5) is 22.2. The van der Waals surface area contributed by atoms with Gasteiger partial charge in [-0.05, 0) is 25.0 Å². The number of fused-ring (bicyclic) bond motifs is 1. The van der Waals surface area contributed by atoms with Gasteiger partial charge >= 0.3 is 0 Å². The van der Waals surface area contributed by atoms with Crippen molar-refractivity contribution in [3.05, 3.63) is 51.9 Å². The SMILES string of the molecule is Cn1c(=O)c(-c2ccccc2Cl)cc2cnc(NC3CCC4(CC3)OCC(CO)CO4)nc21. The van der Waals surface area contributed by atoms with Crippen LogP contribution in [-0.2, 0) is 16.5 Å². The lowest BCUT2D eigenvalue weighted by Crippen LogP contribution is -2.48. The first-order valence-electron chi connectivity index (χ1n) is 11.2. The Balaban J connectivity index is 1.32. The fourth-order valence-electron chi connectivity index (χ4n) is 4.60. The maximum absolute atomic E-state index is 13.0. The average molecular weight is 471 g/mol. The normalized spacial score (nSPS) is 25.4. The minimum atomic E-state index is -0.535. The standard InChI is InChI=1S/C24H27ClN4O4/c1-29-21-16(10-19(22(29)31)18-4-2-3-5-20(18)25)11-26-23(28-21)27-17-6-8-24(9-7-17)32-13-15(12-30)14-33-24/h2-5,10-11,15,17,30H,6-9,12-14H2,1H3,(H,26,27,28). The molecule has 33 heavy (non-hydrogen) atoms. The average Bonchev–Trinajstić information content (AvgIpc) is 2.84. The number of aromatic nitrogens is 3. The van der Waals surface area contributed by atoms with E-state index in [0.717, 1.165) is 31.1 Å². The molecule has 174 valence electrons. The molecule has 3 aromatic rings. The van der Waals surface area contributed by atoms with Crippen molar-refractivity contribution < 1.29 is 14.6 Å². The molecule has 9 heteroatoms. The quantitative estimate of drug-likeness (QED) is 0.603. The molecule has 1 aliphatic carbocycles. The molecule has 2 aromatic heterocycles. The van der Waals surface area contributed by atoms with Crippen molar-refractivity contribution in [1.29, 1.82) is 0 Å². The minimum Gasteiger partial charge on any atom is -0.396 e. The van der Waals surface area contributed by atoms with E-state index in [4.69, 9.17) is 21.1 Å². The Morgan fingerprint density at radius 1 is 1.21 bits per heavy atom. The lowest BCUT2D eigenvalue weighted by atomic mass is 9.89. The molecule has 1 aliphatic heterocycles. The molecule has 1 aromatic carbocycles. The van der Waals surface area contributed by atoms with Crippen LogP contribution in [0.15, 0.2) is 41.3 Å². The lowest BCUT2D eigenvalue weighted by molar-refractivity contribution is -0.297. The Kier molecular flexibility index (Phi) is 6.09. The predicted molar refractivity (Wildman–Crippen MR) is 126 cm³/mol. The molecule has 1 saturated carbocycles. The molecular formula is C24H27ClN4O4. The summed E-state index contributed by atoms with van der Waals surface area (Å²) in [6, 6.07) is 9.29. The Morgan fingerprint density at radius 2 is 1.94 bits per heavy atom. The molecule has 0 radical (unpaired) electrons. The molecule has 0 atom stereocenters. The van der Waals surface area contributed by atoms with Gasteiger partial charge in [-0.25, -0.2) is 4.98 Å². The lowest BCUT2D eigenvalue weighted by Gasteiger charge is -2.44. The highest BCUT2D eigenvalue weighted by atomic mass is 35.5. The van der Waals surface area contributed by atoms with E-state index in [9.17, 15) is 9.90 Å². The summed E-state index contributed by atoms with van der Waals surface area (Å²) in [5, 5.41) is 14.0. The molecule has 2 fully saturated rings. The second-order valence-corrected chi connectivity index (χ2v) is 9.28. The van der Waals surface area contributed by atoms with Crippen molar-refractivity contribution in [3.8, 4) is 11.1 Å². The summed E-state index contributed by atoms with van der Waals surface area (Å²) in [7, 11) is 1.71. The van der Waals surface area contributed by atoms with E-state index in [1.54, 1.807) is 25.4 Å². The number of aryl methyl sites for hydroxylation is 1. The first kappa shape index (κ1) is 22.3. The van der Waals surface area contributed by atoms with Gasteiger partial charge in [-0.2, -0.15) is 4.98 Å². The summed E-state index contributed by atoms with van der Waals surface area (Å²) < 4.78 is 13.5. The van der Waals surface area contributed by atoms with E-state index in [0.29, 0.717) is 41.0 Å². The van der Waals surface area contributed by atoms with Gasteiger partial charge in [0, 0.05) is 59.6 Å². The number of nitrogens with one attached hydrogen (secondary N) is 1. The molecule has 0 unspecified atom stereocenters. The van der Waals surface area contributed by atoms with Crippen LogP contribution in [0.2, 0.25) is 5.02 Å². The number of aliphatic hydroxyl groups excluding tert-OH is 1. The van der Waals surface area contributed by atoms with Crippen molar-refractivity contribution in [2.24, 2.45) is 13.0 Å². The van der Waals surface area contributed by atoms with Crippen LogP contribution < -0.4 is 10.9 Å². The smallest absolute Gasteiger partial charge is 0.259 e. The molecule has 2 aliphatic rings. The fourth-order valence-corrected chi connectivity index (χ4v) is 4.83. The van der Waals surface area contributed by atoms with Crippen molar-refractivity contribution in [3.63, 3.8) is 0 Å². The maximum Gasteiger partial charge on any atom is 0.259 e. The van der Waals surface area contributed by atoms with Crippen LogP contribution in [0.4, 0.5) is 5.95 Å². The van der Waals surface area contributed by atoms with E-state index in [1.807, 2.05) is 18.2 Å². The van der Waals surface area contributed by atoms with E-state index >= 15 is 0 Å². The minimum absolute atomic E-state index is 0.0579. The van der Waals surface area contributed by atoms with E-state index < -0.39 is 5.79 Å². The summed E-state index contributed by atoms with van der Waals surface area (Å²) in [6.07, 6.45) is 4.99. The van der Waals surface area contributed by atoms with Gasteiger partial charge in [-0.1, -0.05) is 29.8 Å².